The van der Waals surface area contributed by atoms with Gasteiger partial charge in [-0.15, -0.1) is 0 Å². The molecule has 0 atom stereocenters. The Morgan fingerprint density at radius 1 is 1.11 bits per heavy atom. The Hall–Kier alpha value is -0.100. The van der Waals surface area contributed by atoms with Crippen molar-refractivity contribution in [3.63, 3.8) is 0 Å². The van der Waals surface area contributed by atoms with Crippen molar-refractivity contribution in [2.24, 2.45) is 0 Å². The Labute approximate surface area is 73.3 Å². The van der Waals surface area contributed by atoms with Gasteiger partial charge in [0.15, 0.2) is 0 Å². The fraction of sp³-hybridized carbons (Fsp3) is 0.333. The van der Waals surface area contributed by atoms with Crippen LogP contribution in [0.25, 0.3) is 0 Å². The van der Waals surface area contributed by atoms with Gasteiger partial charge in [-0.05, 0) is 0 Å². The van der Waals surface area contributed by atoms with E-state index in [1.165, 1.54) is 0 Å². The average molecular weight is 143 g/mol. The van der Waals surface area contributed by atoms with Gasteiger partial charge in [0.25, 0.3) is 0 Å². The van der Waals surface area contributed by atoms with Crippen LogP contribution in [0.5, 0.6) is 0 Å². The number of hydrogen-bond donors (Lipinski definition) is 0. The van der Waals surface area contributed by atoms with Gasteiger partial charge in [-0.3, -0.25) is 0 Å². The molecular weight excluding hydrogens is 139 g/mol. The molecule has 0 aromatic carbocycles. The molecule has 48 valence electrons. The van der Waals surface area contributed by atoms with Gasteiger partial charge in [0, 0.05) is 18.4 Å². The standard InChI is InChI=1S/C3H4O4.Na.H2O/c4-2(5)1-3(6)7;;/h1H2,(H,4,5)(H,6,7);;1H2/q;+1;/p-2. The summed E-state index contributed by atoms with van der Waals surface area (Å²) in [4.78, 5) is 18.6. The minimum atomic E-state index is -1.63. The van der Waals surface area contributed by atoms with E-state index >= 15 is 0 Å². The van der Waals surface area contributed by atoms with Crippen LogP contribution in [0.15, 0.2) is 0 Å². The molecule has 0 aliphatic carbocycles. The molecule has 0 spiro atoms. The summed E-state index contributed by atoms with van der Waals surface area (Å²) in [7, 11) is 0. The number of carbonyl (C=O) groups is 2. The molecule has 0 rings (SSSR count). The molecule has 2 N–H and O–H groups in total. The van der Waals surface area contributed by atoms with Crippen molar-refractivity contribution in [3.05, 3.63) is 0 Å². The number of carboxylic acid groups (broad SMARTS) is 2. The zero-order valence-electron chi connectivity index (χ0n) is 4.84. The van der Waals surface area contributed by atoms with Crippen molar-refractivity contribution in [1.29, 1.82) is 0 Å². The maximum Gasteiger partial charge on any atom is 1.00 e. The zero-order valence-corrected chi connectivity index (χ0v) is 6.84. The van der Waals surface area contributed by atoms with Crippen molar-refractivity contribution in [2.75, 3.05) is 0 Å². The Morgan fingerprint density at radius 3 is 1.33 bits per heavy atom. The van der Waals surface area contributed by atoms with Gasteiger partial charge in [-0.1, -0.05) is 0 Å². The fourth-order valence-electron chi connectivity index (χ4n) is 0.118. The predicted octanol–water partition coefficient (Wildman–Crippen LogP) is -6.94. The summed E-state index contributed by atoms with van der Waals surface area (Å²) < 4.78 is 0. The zero-order chi connectivity index (χ0) is 5.86. The molecule has 0 bridgehead atoms. The molecule has 0 radical (unpaired) electrons. The molecule has 0 heterocycles. The topological polar surface area (TPSA) is 112 Å². The minimum absolute atomic E-state index is 0. The van der Waals surface area contributed by atoms with Crippen LogP contribution in [0.4, 0.5) is 0 Å². The van der Waals surface area contributed by atoms with Crippen LogP contribution in [0.2, 0.25) is 0 Å². The summed E-state index contributed by atoms with van der Waals surface area (Å²) in [6.07, 6.45) is -1.03. The molecule has 6 heteroatoms. The van der Waals surface area contributed by atoms with Gasteiger partial charge in [-0.25, -0.2) is 0 Å². The van der Waals surface area contributed by atoms with E-state index in [2.05, 4.69) is 0 Å². The Balaban J connectivity index is -0.000000180. The van der Waals surface area contributed by atoms with E-state index < -0.39 is 18.4 Å². The molecule has 9 heavy (non-hydrogen) atoms. The van der Waals surface area contributed by atoms with E-state index in [-0.39, 0.29) is 35.0 Å². The summed E-state index contributed by atoms with van der Waals surface area (Å²) in [5, 5.41) is 18.6. The summed E-state index contributed by atoms with van der Waals surface area (Å²) in [6, 6.07) is 0. The van der Waals surface area contributed by atoms with E-state index in [0.717, 1.165) is 0 Å². The van der Waals surface area contributed by atoms with Gasteiger partial charge in [-0.2, -0.15) is 0 Å². The minimum Gasteiger partial charge on any atom is -0.550 e. The SMILES string of the molecule is O.O=C([O-])CC(=O)[O-].[Na+]. The van der Waals surface area contributed by atoms with Gasteiger partial charge < -0.3 is 25.3 Å². The molecule has 0 saturated heterocycles. The third-order valence-corrected chi connectivity index (χ3v) is 0.289. The number of carboxylic acids is 2. The molecule has 0 aromatic rings. The van der Waals surface area contributed by atoms with Gasteiger partial charge >= 0.3 is 29.6 Å². The van der Waals surface area contributed by atoms with Gasteiger partial charge in [0.2, 0.25) is 0 Å². The van der Waals surface area contributed by atoms with Crippen LogP contribution < -0.4 is 39.8 Å². The third-order valence-electron chi connectivity index (χ3n) is 0.289. The Bertz CT molecular complexity index is 88.4. The van der Waals surface area contributed by atoms with Gasteiger partial charge in [0.05, 0.1) is 0 Å². The van der Waals surface area contributed by atoms with Crippen LogP contribution in [0.1, 0.15) is 6.42 Å². The van der Waals surface area contributed by atoms with E-state index in [1.807, 2.05) is 0 Å². The first-order chi connectivity index (χ1) is 3.13. The Morgan fingerprint density at radius 2 is 1.33 bits per heavy atom. The monoisotopic (exact) mass is 143 g/mol. The second kappa shape index (κ2) is 7.90. The van der Waals surface area contributed by atoms with E-state index in [9.17, 15) is 19.8 Å². The first kappa shape index (κ1) is 16.0. The molecule has 5 nitrogen and oxygen atoms in total. The summed E-state index contributed by atoms with van der Waals surface area (Å²) in [5.41, 5.74) is 0. The molecular formula is C3H4NaO5-. The van der Waals surface area contributed by atoms with Gasteiger partial charge in [0.1, 0.15) is 0 Å². The fourth-order valence-corrected chi connectivity index (χ4v) is 0.118. The number of rotatable bonds is 2. The summed E-state index contributed by atoms with van der Waals surface area (Å²) in [5.74, 6) is -3.25. The molecule has 0 amide bonds. The molecule has 0 unspecified atom stereocenters. The third kappa shape index (κ3) is 18.1. The smallest absolute Gasteiger partial charge is 0.550 e. The van der Waals surface area contributed by atoms with Crippen LogP contribution in [-0.4, -0.2) is 17.4 Å². The second-order valence-electron chi connectivity index (χ2n) is 0.921. The average Bonchev–Trinajstić information content (AvgIpc) is 1.27. The van der Waals surface area contributed by atoms with Crippen molar-refractivity contribution >= 4 is 11.9 Å². The maximum absolute atomic E-state index is 9.28. The van der Waals surface area contributed by atoms with E-state index in [1.54, 1.807) is 0 Å². The molecule has 0 fully saturated rings. The van der Waals surface area contributed by atoms with Crippen LogP contribution in [-0.2, 0) is 9.59 Å². The van der Waals surface area contributed by atoms with E-state index in [4.69, 9.17) is 0 Å². The predicted molar refractivity (Wildman–Crippen MR) is 18.2 cm³/mol. The van der Waals surface area contributed by atoms with Crippen LogP contribution >= 0.6 is 0 Å². The van der Waals surface area contributed by atoms with Crippen molar-refractivity contribution in [3.8, 4) is 0 Å². The number of hydrogen-bond acceptors (Lipinski definition) is 4. The maximum atomic E-state index is 9.28. The van der Waals surface area contributed by atoms with Crippen LogP contribution in [0, 0.1) is 0 Å². The van der Waals surface area contributed by atoms with Crippen molar-refractivity contribution < 1.29 is 54.8 Å². The first-order valence-corrected chi connectivity index (χ1v) is 1.52. The molecule has 0 aromatic heterocycles. The number of carbonyl (C=O) groups excluding carboxylic acids is 2. The Kier molecular flexibility index (Phi) is 14.0. The normalized spacial score (nSPS) is 6.22. The first-order valence-electron chi connectivity index (χ1n) is 1.52. The quantitative estimate of drug-likeness (QED) is 0.282. The second-order valence-corrected chi connectivity index (χ2v) is 0.921. The summed E-state index contributed by atoms with van der Waals surface area (Å²) >= 11 is 0. The summed E-state index contributed by atoms with van der Waals surface area (Å²) in [6.45, 7) is 0. The van der Waals surface area contributed by atoms with E-state index in [0.29, 0.717) is 0 Å². The molecule has 0 aliphatic rings. The molecule has 0 saturated carbocycles. The largest absolute Gasteiger partial charge is 1.00 e. The number of aliphatic carboxylic acids is 2. The van der Waals surface area contributed by atoms with Crippen LogP contribution in [0.3, 0.4) is 0 Å². The molecule has 0 aliphatic heterocycles. The van der Waals surface area contributed by atoms with Crippen molar-refractivity contribution in [1.82, 2.24) is 0 Å². The van der Waals surface area contributed by atoms with Crippen molar-refractivity contribution in [2.45, 2.75) is 6.42 Å².